The van der Waals surface area contributed by atoms with Gasteiger partial charge in [0.15, 0.2) is 4.34 Å². The first-order chi connectivity index (χ1) is 12.0. The number of cyclic esters (lactones) is 1. The number of ether oxygens (including phenoxy) is 1. The SMILES string of the molecule is CC(C)c1ccc(Nc2nnc(SCC(=O)N3CCOC3=O)s2)cc1. The van der Waals surface area contributed by atoms with Gasteiger partial charge >= 0.3 is 6.09 Å². The normalized spacial score (nSPS) is 14.0. The van der Waals surface area contributed by atoms with Gasteiger partial charge in [-0.15, -0.1) is 10.2 Å². The number of anilines is 2. The summed E-state index contributed by atoms with van der Waals surface area (Å²) in [6, 6.07) is 8.17. The van der Waals surface area contributed by atoms with Gasteiger partial charge in [0.05, 0.1) is 12.3 Å². The van der Waals surface area contributed by atoms with Crippen LogP contribution in [-0.4, -0.2) is 46.0 Å². The first kappa shape index (κ1) is 17.7. The van der Waals surface area contributed by atoms with Crippen molar-refractivity contribution in [2.45, 2.75) is 24.1 Å². The minimum absolute atomic E-state index is 0.132. The molecule has 1 aliphatic rings. The number of rotatable bonds is 6. The maximum atomic E-state index is 12.0. The molecular weight excluding hydrogens is 360 g/mol. The lowest BCUT2D eigenvalue weighted by Crippen LogP contribution is -2.32. The van der Waals surface area contributed by atoms with Gasteiger partial charge in [-0.2, -0.15) is 0 Å². The zero-order chi connectivity index (χ0) is 17.8. The van der Waals surface area contributed by atoms with Crippen molar-refractivity contribution in [3.8, 4) is 0 Å². The summed E-state index contributed by atoms with van der Waals surface area (Å²) < 4.78 is 5.42. The zero-order valence-corrected chi connectivity index (χ0v) is 15.5. The molecule has 3 rings (SSSR count). The van der Waals surface area contributed by atoms with Gasteiger partial charge in [-0.3, -0.25) is 4.79 Å². The van der Waals surface area contributed by atoms with Crippen LogP contribution in [0.3, 0.4) is 0 Å². The van der Waals surface area contributed by atoms with Crippen LogP contribution in [0.15, 0.2) is 28.6 Å². The number of imide groups is 1. The lowest BCUT2D eigenvalue weighted by molar-refractivity contribution is -0.125. The van der Waals surface area contributed by atoms with Crippen molar-refractivity contribution in [1.82, 2.24) is 15.1 Å². The molecule has 1 aliphatic heterocycles. The fourth-order valence-electron chi connectivity index (χ4n) is 2.21. The molecule has 25 heavy (non-hydrogen) atoms. The Labute approximate surface area is 153 Å². The Balaban J connectivity index is 1.53. The molecule has 1 aromatic carbocycles. The molecule has 0 aliphatic carbocycles. The minimum Gasteiger partial charge on any atom is -0.447 e. The van der Waals surface area contributed by atoms with Gasteiger partial charge in [0, 0.05) is 5.69 Å². The number of hydrogen-bond donors (Lipinski definition) is 1. The molecule has 2 amide bonds. The molecule has 0 bridgehead atoms. The Morgan fingerprint density at radius 3 is 2.76 bits per heavy atom. The molecule has 132 valence electrons. The van der Waals surface area contributed by atoms with E-state index < -0.39 is 6.09 Å². The van der Waals surface area contributed by atoms with Crippen LogP contribution in [0.25, 0.3) is 0 Å². The molecule has 0 spiro atoms. The average molecular weight is 378 g/mol. The molecule has 1 N–H and O–H groups in total. The van der Waals surface area contributed by atoms with Crippen LogP contribution in [0, 0.1) is 0 Å². The van der Waals surface area contributed by atoms with Crippen LogP contribution in [0.2, 0.25) is 0 Å². The fourth-order valence-corrected chi connectivity index (χ4v) is 3.86. The van der Waals surface area contributed by atoms with Crippen LogP contribution in [-0.2, 0) is 9.53 Å². The van der Waals surface area contributed by atoms with Crippen molar-refractivity contribution < 1.29 is 14.3 Å². The first-order valence-electron chi connectivity index (χ1n) is 7.83. The molecule has 9 heteroatoms. The molecule has 7 nitrogen and oxygen atoms in total. The molecule has 1 aromatic heterocycles. The number of nitrogens with zero attached hydrogens (tertiary/aromatic N) is 3. The highest BCUT2D eigenvalue weighted by Gasteiger charge is 2.28. The molecule has 0 unspecified atom stereocenters. The van der Waals surface area contributed by atoms with E-state index in [4.69, 9.17) is 4.74 Å². The number of amides is 2. The smallest absolute Gasteiger partial charge is 0.416 e. The van der Waals surface area contributed by atoms with E-state index in [1.54, 1.807) is 0 Å². The Morgan fingerprint density at radius 1 is 1.36 bits per heavy atom. The summed E-state index contributed by atoms with van der Waals surface area (Å²) in [6.07, 6.45) is -0.574. The topological polar surface area (TPSA) is 84.4 Å². The Morgan fingerprint density at radius 2 is 2.12 bits per heavy atom. The second-order valence-corrected chi connectivity index (χ2v) is 7.92. The Bertz CT molecular complexity index is 761. The third-order valence-electron chi connectivity index (χ3n) is 3.62. The third kappa shape index (κ3) is 4.49. The van der Waals surface area contributed by atoms with E-state index in [1.807, 2.05) is 12.1 Å². The Hall–Kier alpha value is -2.13. The lowest BCUT2D eigenvalue weighted by atomic mass is 10.0. The monoisotopic (exact) mass is 378 g/mol. The van der Waals surface area contributed by atoms with E-state index in [0.29, 0.717) is 21.9 Å². The summed E-state index contributed by atoms with van der Waals surface area (Å²) in [5.41, 5.74) is 2.21. The molecule has 2 aromatic rings. The van der Waals surface area contributed by atoms with Gasteiger partial charge in [0.25, 0.3) is 0 Å². The predicted molar refractivity (Wildman–Crippen MR) is 97.5 cm³/mol. The van der Waals surface area contributed by atoms with Gasteiger partial charge in [-0.05, 0) is 23.6 Å². The maximum Gasteiger partial charge on any atom is 0.416 e. The van der Waals surface area contributed by atoms with Crippen LogP contribution in [0.1, 0.15) is 25.3 Å². The van der Waals surface area contributed by atoms with Crippen molar-refractivity contribution in [2.24, 2.45) is 0 Å². The second kappa shape index (κ2) is 7.83. The van der Waals surface area contributed by atoms with Gasteiger partial charge in [-0.1, -0.05) is 49.1 Å². The van der Waals surface area contributed by atoms with Crippen molar-refractivity contribution in [3.05, 3.63) is 29.8 Å². The van der Waals surface area contributed by atoms with Gasteiger partial charge in [0.2, 0.25) is 11.0 Å². The number of hydrogen-bond acceptors (Lipinski definition) is 8. The third-order valence-corrected chi connectivity index (χ3v) is 5.57. The van der Waals surface area contributed by atoms with E-state index in [-0.39, 0.29) is 18.3 Å². The molecular formula is C16H18N4O3S2. The van der Waals surface area contributed by atoms with Crippen LogP contribution in [0.4, 0.5) is 15.6 Å². The van der Waals surface area contributed by atoms with Crippen molar-refractivity contribution in [1.29, 1.82) is 0 Å². The Kier molecular flexibility index (Phi) is 5.54. The average Bonchev–Trinajstić information content (AvgIpc) is 3.22. The molecule has 0 atom stereocenters. The summed E-state index contributed by atoms with van der Waals surface area (Å²) in [5, 5.41) is 12.0. The predicted octanol–water partition coefficient (Wildman–Crippen LogP) is 3.48. The van der Waals surface area contributed by atoms with E-state index in [9.17, 15) is 9.59 Å². The highest BCUT2D eigenvalue weighted by molar-refractivity contribution is 8.01. The highest BCUT2D eigenvalue weighted by Crippen LogP contribution is 2.28. The largest absolute Gasteiger partial charge is 0.447 e. The standard InChI is InChI=1S/C16H18N4O3S2/c1-10(2)11-3-5-12(6-4-11)17-14-18-19-15(25-14)24-9-13(21)20-7-8-23-16(20)22/h3-6,10H,7-9H2,1-2H3,(H,17,18). The van der Waals surface area contributed by atoms with Gasteiger partial charge in [0.1, 0.15) is 6.61 Å². The van der Waals surface area contributed by atoms with E-state index in [1.165, 1.54) is 28.7 Å². The molecule has 1 saturated heterocycles. The number of thioether (sulfide) groups is 1. The summed E-state index contributed by atoms with van der Waals surface area (Å²) in [5.74, 6) is 0.345. The zero-order valence-electron chi connectivity index (χ0n) is 13.9. The first-order valence-corrected chi connectivity index (χ1v) is 9.63. The van der Waals surface area contributed by atoms with Gasteiger partial charge < -0.3 is 10.1 Å². The summed E-state index contributed by atoms with van der Waals surface area (Å²) >= 11 is 2.63. The van der Waals surface area contributed by atoms with Crippen molar-refractivity contribution in [2.75, 3.05) is 24.2 Å². The van der Waals surface area contributed by atoms with E-state index >= 15 is 0 Å². The van der Waals surface area contributed by atoms with Crippen molar-refractivity contribution in [3.63, 3.8) is 0 Å². The highest BCUT2D eigenvalue weighted by atomic mass is 32.2. The number of benzene rings is 1. The fraction of sp³-hybridized carbons (Fsp3) is 0.375. The van der Waals surface area contributed by atoms with Crippen LogP contribution in [0.5, 0.6) is 0 Å². The minimum atomic E-state index is -0.574. The van der Waals surface area contributed by atoms with E-state index in [0.717, 1.165) is 10.6 Å². The summed E-state index contributed by atoms with van der Waals surface area (Å²) in [7, 11) is 0. The number of carbonyl (C=O) groups is 2. The number of nitrogens with one attached hydrogen (secondary N) is 1. The second-order valence-electron chi connectivity index (χ2n) is 5.72. The van der Waals surface area contributed by atoms with E-state index in [2.05, 4.69) is 41.5 Å². The maximum absolute atomic E-state index is 12.0. The van der Waals surface area contributed by atoms with Crippen LogP contribution < -0.4 is 5.32 Å². The number of carbonyl (C=O) groups excluding carboxylic acids is 2. The van der Waals surface area contributed by atoms with Crippen molar-refractivity contribution >= 4 is 45.9 Å². The quantitative estimate of drug-likeness (QED) is 0.770. The van der Waals surface area contributed by atoms with Crippen LogP contribution >= 0.6 is 23.1 Å². The number of aromatic nitrogens is 2. The molecule has 1 fully saturated rings. The lowest BCUT2D eigenvalue weighted by Gasteiger charge is -2.08. The molecule has 2 heterocycles. The summed E-state index contributed by atoms with van der Waals surface area (Å²) in [6.45, 7) is 4.88. The molecule has 0 saturated carbocycles. The summed E-state index contributed by atoms with van der Waals surface area (Å²) in [4.78, 5) is 24.4. The molecule has 0 radical (unpaired) electrons. The van der Waals surface area contributed by atoms with Gasteiger partial charge in [-0.25, -0.2) is 9.69 Å².